The van der Waals surface area contributed by atoms with Gasteiger partial charge in [-0.1, -0.05) is 0 Å². The number of esters is 1. The topological polar surface area (TPSA) is 155 Å². The zero-order valence-corrected chi connectivity index (χ0v) is 13.1. The van der Waals surface area contributed by atoms with Crippen LogP contribution in [0.25, 0.3) is 0 Å². The molecular formula is C13H23NO9. The second kappa shape index (κ2) is 7.99. The molecular weight excluding hydrogens is 314 g/mol. The summed E-state index contributed by atoms with van der Waals surface area (Å²) in [5, 5.41) is 41.4. The van der Waals surface area contributed by atoms with Gasteiger partial charge in [0.1, 0.15) is 18.3 Å². The van der Waals surface area contributed by atoms with E-state index in [1.54, 1.807) is 0 Å². The van der Waals surface area contributed by atoms with Crippen molar-refractivity contribution in [2.75, 3.05) is 20.8 Å². The number of rotatable bonds is 6. The van der Waals surface area contributed by atoms with Crippen molar-refractivity contribution in [3.05, 3.63) is 0 Å². The Labute approximate surface area is 133 Å². The molecule has 0 aromatic carbocycles. The highest BCUT2D eigenvalue weighted by Gasteiger charge is 2.55. The second-order valence-electron chi connectivity index (χ2n) is 5.27. The lowest BCUT2D eigenvalue weighted by atomic mass is 9.88. The average Bonchev–Trinajstić information content (AvgIpc) is 2.53. The van der Waals surface area contributed by atoms with E-state index in [4.69, 9.17) is 14.6 Å². The molecule has 0 radical (unpaired) electrons. The van der Waals surface area contributed by atoms with Crippen LogP contribution in [-0.2, 0) is 23.8 Å². The Hall–Kier alpha value is -1.30. The molecule has 6 atom stereocenters. The van der Waals surface area contributed by atoms with Crippen LogP contribution in [0.1, 0.15) is 13.3 Å². The summed E-state index contributed by atoms with van der Waals surface area (Å²) in [6.07, 6.45) is -6.44. The molecule has 0 aromatic rings. The fraction of sp³-hybridized carbons (Fsp3) is 0.846. The van der Waals surface area contributed by atoms with Gasteiger partial charge in [0.2, 0.25) is 5.91 Å². The van der Waals surface area contributed by atoms with Crippen LogP contribution in [-0.4, -0.2) is 89.4 Å². The first-order valence-electron chi connectivity index (χ1n) is 6.96. The van der Waals surface area contributed by atoms with Gasteiger partial charge in [0, 0.05) is 20.5 Å². The van der Waals surface area contributed by atoms with Gasteiger partial charge in [-0.2, -0.15) is 0 Å². The van der Waals surface area contributed by atoms with Gasteiger partial charge in [0.25, 0.3) is 5.79 Å². The molecule has 0 bridgehead atoms. The molecule has 23 heavy (non-hydrogen) atoms. The van der Waals surface area contributed by atoms with E-state index < -0.39 is 54.7 Å². The van der Waals surface area contributed by atoms with Gasteiger partial charge in [-0.25, -0.2) is 4.79 Å². The van der Waals surface area contributed by atoms with Crippen molar-refractivity contribution < 1.29 is 44.2 Å². The Morgan fingerprint density at radius 1 is 1.39 bits per heavy atom. The summed E-state index contributed by atoms with van der Waals surface area (Å²) >= 11 is 0. The Bertz CT molecular complexity index is 432. The summed E-state index contributed by atoms with van der Waals surface area (Å²) in [6.45, 7) is 0.402. The maximum absolute atomic E-state index is 11.9. The van der Waals surface area contributed by atoms with Crippen molar-refractivity contribution in [3.63, 3.8) is 0 Å². The Kier molecular flexibility index (Phi) is 6.86. The highest BCUT2D eigenvalue weighted by atomic mass is 16.7. The molecule has 1 amide bonds. The number of hydrogen-bond acceptors (Lipinski definition) is 9. The minimum absolute atomic E-state index is 0.362. The first-order chi connectivity index (χ1) is 10.7. The third-order valence-corrected chi connectivity index (χ3v) is 3.69. The van der Waals surface area contributed by atoms with Crippen LogP contribution < -0.4 is 5.32 Å². The van der Waals surface area contributed by atoms with Gasteiger partial charge < -0.3 is 40.0 Å². The molecule has 10 heteroatoms. The number of ether oxygens (including phenoxy) is 3. The van der Waals surface area contributed by atoms with Gasteiger partial charge in [0.15, 0.2) is 0 Å². The van der Waals surface area contributed by atoms with E-state index >= 15 is 0 Å². The second-order valence-corrected chi connectivity index (χ2v) is 5.27. The van der Waals surface area contributed by atoms with Crippen LogP contribution in [0.15, 0.2) is 0 Å². The Morgan fingerprint density at radius 3 is 2.43 bits per heavy atom. The molecule has 5 N–H and O–H groups in total. The highest BCUT2D eigenvalue weighted by molar-refractivity contribution is 5.78. The summed E-state index contributed by atoms with van der Waals surface area (Å²) in [5.74, 6) is -3.48. The minimum Gasteiger partial charge on any atom is -0.465 e. The van der Waals surface area contributed by atoms with E-state index in [0.29, 0.717) is 0 Å². The molecule has 1 saturated heterocycles. The summed E-state index contributed by atoms with van der Waals surface area (Å²) in [7, 11) is 2.24. The van der Waals surface area contributed by atoms with E-state index in [1.165, 1.54) is 6.92 Å². The smallest absolute Gasteiger partial charge is 0.366 e. The standard InChI is InChI=1S/C13H23NO9/c1-6(16)14-9-7(17)4-13(22-3,12(20)21-2)23-11(9)10(19)8(18)5-15/h7-11,15,17-19H,4-5H2,1-3H3,(H,14,16)/t7-,8+,9+,10-,11+,13-/m0/s1. The van der Waals surface area contributed by atoms with E-state index in [2.05, 4.69) is 10.1 Å². The van der Waals surface area contributed by atoms with Gasteiger partial charge in [0.05, 0.1) is 25.9 Å². The largest absolute Gasteiger partial charge is 0.465 e. The normalized spacial score (nSPS) is 33.6. The van der Waals surface area contributed by atoms with Gasteiger partial charge in [-0.05, 0) is 0 Å². The third kappa shape index (κ3) is 4.16. The number of carbonyl (C=O) groups excluding carboxylic acids is 2. The first kappa shape index (κ1) is 19.7. The molecule has 1 fully saturated rings. The lowest BCUT2D eigenvalue weighted by Gasteiger charge is -2.46. The first-order valence-corrected chi connectivity index (χ1v) is 6.96. The highest BCUT2D eigenvalue weighted by Crippen LogP contribution is 2.33. The maximum Gasteiger partial charge on any atom is 0.366 e. The fourth-order valence-corrected chi connectivity index (χ4v) is 2.49. The van der Waals surface area contributed by atoms with Crippen LogP contribution >= 0.6 is 0 Å². The summed E-state index contributed by atoms with van der Waals surface area (Å²) in [4.78, 5) is 23.2. The minimum atomic E-state index is -2.01. The van der Waals surface area contributed by atoms with Gasteiger partial charge in [-0.15, -0.1) is 0 Å². The maximum atomic E-state index is 11.9. The molecule has 1 aliphatic heterocycles. The van der Waals surface area contributed by atoms with Crippen LogP contribution in [0.5, 0.6) is 0 Å². The average molecular weight is 337 g/mol. The van der Waals surface area contributed by atoms with E-state index in [0.717, 1.165) is 14.2 Å². The zero-order valence-electron chi connectivity index (χ0n) is 13.1. The lowest BCUT2D eigenvalue weighted by Crippen LogP contribution is -2.67. The molecule has 0 aliphatic carbocycles. The molecule has 0 saturated carbocycles. The summed E-state index contributed by atoms with van der Waals surface area (Å²) < 4.78 is 15.1. The van der Waals surface area contributed by atoms with Gasteiger partial charge in [-0.3, -0.25) is 4.79 Å². The number of aliphatic hydroxyl groups is 4. The molecule has 0 aromatic heterocycles. The van der Waals surface area contributed by atoms with Crippen molar-refractivity contribution in [2.45, 2.75) is 49.6 Å². The van der Waals surface area contributed by atoms with E-state index in [-0.39, 0.29) is 6.42 Å². The number of methoxy groups -OCH3 is 2. The van der Waals surface area contributed by atoms with E-state index in [1.807, 2.05) is 0 Å². The molecule has 1 aliphatic rings. The van der Waals surface area contributed by atoms with E-state index in [9.17, 15) is 24.9 Å². The lowest BCUT2D eigenvalue weighted by molar-refractivity contribution is -0.305. The SMILES string of the molecule is COC(=O)[C@]1(OC)C[C@H](O)[C@@H](NC(C)=O)[C@H]([C@@H](O)[C@H](O)CO)O1. The predicted octanol–water partition coefficient (Wildman–Crippen LogP) is -3.13. The Balaban J connectivity index is 3.17. The van der Waals surface area contributed by atoms with Crippen molar-refractivity contribution in [1.29, 1.82) is 0 Å². The van der Waals surface area contributed by atoms with Crippen LogP contribution in [0.2, 0.25) is 0 Å². The molecule has 10 nitrogen and oxygen atoms in total. The van der Waals surface area contributed by atoms with Crippen LogP contribution in [0.3, 0.4) is 0 Å². The van der Waals surface area contributed by atoms with Crippen LogP contribution in [0, 0.1) is 0 Å². The van der Waals surface area contributed by atoms with Crippen molar-refractivity contribution in [3.8, 4) is 0 Å². The monoisotopic (exact) mass is 337 g/mol. The summed E-state index contributed by atoms with van der Waals surface area (Å²) in [6, 6.07) is -1.13. The number of aliphatic hydroxyl groups excluding tert-OH is 4. The molecule has 1 rings (SSSR count). The van der Waals surface area contributed by atoms with Gasteiger partial charge >= 0.3 is 5.97 Å². The molecule has 0 spiro atoms. The number of amides is 1. The number of hydrogen-bond donors (Lipinski definition) is 5. The van der Waals surface area contributed by atoms with Crippen molar-refractivity contribution in [2.24, 2.45) is 0 Å². The molecule has 1 heterocycles. The number of nitrogens with one attached hydrogen (secondary N) is 1. The zero-order chi connectivity index (χ0) is 17.8. The Morgan fingerprint density at radius 2 is 2.00 bits per heavy atom. The summed E-state index contributed by atoms with van der Waals surface area (Å²) in [5.41, 5.74) is 0. The third-order valence-electron chi connectivity index (χ3n) is 3.69. The molecule has 0 unspecified atom stereocenters. The quantitative estimate of drug-likeness (QED) is 0.316. The number of carbonyl (C=O) groups is 2. The van der Waals surface area contributed by atoms with Crippen LogP contribution in [0.4, 0.5) is 0 Å². The predicted molar refractivity (Wildman–Crippen MR) is 74.0 cm³/mol. The fourth-order valence-electron chi connectivity index (χ4n) is 2.49. The van der Waals surface area contributed by atoms with Crippen molar-refractivity contribution in [1.82, 2.24) is 5.32 Å². The molecule has 134 valence electrons. The van der Waals surface area contributed by atoms with Crippen molar-refractivity contribution >= 4 is 11.9 Å².